The van der Waals surface area contributed by atoms with Crippen molar-refractivity contribution in [3.8, 4) is 11.5 Å². The maximum absolute atomic E-state index is 12.4. The molecule has 0 saturated heterocycles. The fourth-order valence-corrected chi connectivity index (χ4v) is 3.72. The van der Waals surface area contributed by atoms with Crippen molar-refractivity contribution in [3.63, 3.8) is 0 Å². The van der Waals surface area contributed by atoms with E-state index in [1.54, 1.807) is 60.7 Å². The first-order valence-electron chi connectivity index (χ1n) is 10.8. The van der Waals surface area contributed by atoms with Gasteiger partial charge in [-0.2, -0.15) is 0 Å². The van der Waals surface area contributed by atoms with Gasteiger partial charge in [0, 0.05) is 22.6 Å². The zero-order chi connectivity index (χ0) is 25.5. The molecule has 0 bridgehead atoms. The van der Waals surface area contributed by atoms with E-state index in [2.05, 4.69) is 10.6 Å². The first kappa shape index (κ1) is 25.1. The van der Waals surface area contributed by atoms with E-state index in [4.69, 9.17) is 20.9 Å². The number of nitrogens with two attached hydrogens (primary N) is 2. The number of carbonyl (C=O) groups is 3. The van der Waals surface area contributed by atoms with Crippen LogP contribution >= 0.6 is 0 Å². The molecular weight excluding hydrogens is 448 g/mol. The smallest absolute Gasteiger partial charge is 0.323 e. The fraction of sp³-hybridized carbons (Fsp3) is 0.192. The number of benzene rings is 3. The largest absolute Gasteiger partial charge is 0.493 e. The van der Waals surface area contributed by atoms with Gasteiger partial charge in [0.25, 0.3) is 0 Å². The lowest BCUT2D eigenvalue weighted by Crippen LogP contribution is -2.25. The molecule has 0 aromatic heterocycles. The number of ether oxygens (including phenoxy) is 2. The first-order chi connectivity index (χ1) is 16.7. The van der Waals surface area contributed by atoms with E-state index in [0.717, 1.165) is 5.56 Å². The van der Waals surface area contributed by atoms with Gasteiger partial charge in [-0.25, -0.2) is 4.79 Å². The van der Waals surface area contributed by atoms with E-state index in [9.17, 15) is 14.4 Å². The molecule has 9 nitrogen and oxygen atoms in total. The van der Waals surface area contributed by atoms with Crippen LogP contribution in [0.25, 0.3) is 0 Å². The van der Waals surface area contributed by atoms with Crippen LogP contribution in [-0.2, 0) is 11.2 Å². The third-order valence-electron chi connectivity index (χ3n) is 5.45. The Morgan fingerprint density at radius 2 is 1.51 bits per heavy atom. The Labute approximate surface area is 203 Å². The number of hydrogen-bond acceptors (Lipinski definition) is 6. The monoisotopic (exact) mass is 476 g/mol. The molecule has 0 saturated carbocycles. The molecule has 3 aromatic carbocycles. The number of amides is 3. The van der Waals surface area contributed by atoms with Crippen molar-refractivity contribution in [2.45, 2.75) is 19.3 Å². The minimum Gasteiger partial charge on any atom is -0.493 e. The number of hydrogen-bond donors (Lipinski definition) is 4. The number of urea groups is 1. The van der Waals surface area contributed by atoms with Crippen molar-refractivity contribution in [2.75, 3.05) is 30.6 Å². The summed E-state index contributed by atoms with van der Waals surface area (Å²) in [5.74, 6) is -0.804. The lowest BCUT2D eigenvalue weighted by Gasteiger charge is -2.20. The average molecular weight is 477 g/mol. The van der Waals surface area contributed by atoms with Crippen LogP contribution in [0.3, 0.4) is 0 Å². The molecule has 0 spiro atoms. The molecule has 182 valence electrons. The van der Waals surface area contributed by atoms with E-state index in [-0.39, 0.29) is 12.2 Å². The van der Waals surface area contributed by atoms with Gasteiger partial charge in [0.1, 0.15) is 0 Å². The predicted molar refractivity (Wildman–Crippen MR) is 135 cm³/mol. The highest BCUT2D eigenvalue weighted by molar-refractivity contribution is 6.00. The number of anilines is 3. The Bertz CT molecular complexity index is 1240. The van der Waals surface area contributed by atoms with Crippen molar-refractivity contribution >= 4 is 34.8 Å². The number of primary amides is 1. The number of carbonyl (C=O) groups excluding carboxylic acids is 3. The molecule has 35 heavy (non-hydrogen) atoms. The molecule has 3 rings (SSSR count). The van der Waals surface area contributed by atoms with Crippen LogP contribution in [0.4, 0.5) is 21.9 Å². The minimum absolute atomic E-state index is 0.224. The van der Waals surface area contributed by atoms with Crippen molar-refractivity contribution in [1.29, 1.82) is 0 Å². The summed E-state index contributed by atoms with van der Waals surface area (Å²) in [7, 11) is 2.95. The highest BCUT2D eigenvalue weighted by Crippen LogP contribution is 2.35. The van der Waals surface area contributed by atoms with Crippen LogP contribution < -0.4 is 31.6 Å². The Balaban J connectivity index is 1.79. The number of nitrogens with one attached hydrogen (secondary N) is 2. The number of rotatable bonds is 9. The minimum atomic E-state index is -0.778. The number of ketones is 1. The molecule has 3 aromatic rings. The summed E-state index contributed by atoms with van der Waals surface area (Å²) < 4.78 is 10.6. The van der Waals surface area contributed by atoms with Gasteiger partial charge < -0.3 is 31.6 Å². The van der Waals surface area contributed by atoms with Crippen LogP contribution in [-0.4, -0.2) is 31.9 Å². The van der Waals surface area contributed by atoms with Gasteiger partial charge in [-0.05, 0) is 66.9 Å². The molecular formula is C26H28N4O5. The summed E-state index contributed by atoms with van der Waals surface area (Å²) in [6.45, 7) is 1.41. The van der Waals surface area contributed by atoms with Crippen molar-refractivity contribution in [2.24, 2.45) is 5.73 Å². The second kappa shape index (κ2) is 11.1. The standard InChI is InChI=1S/C26H28N4O5/c1-15(31)20-13-23(34-2)24(35-3)14-21(20)22(25(28)32)11-16-7-9-18(10-8-16)29-26(33)30-19-6-4-5-17(27)12-19/h4-10,12-14,22H,11,27H2,1-3H3,(H2,28,32)(H2,29,30,33). The molecule has 3 amide bonds. The van der Waals surface area contributed by atoms with Crippen LogP contribution in [0.1, 0.15) is 34.3 Å². The van der Waals surface area contributed by atoms with E-state index in [0.29, 0.717) is 39.7 Å². The summed E-state index contributed by atoms with van der Waals surface area (Å²) in [5.41, 5.74) is 14.7. The van der Waals surface area contributed by atoms with E-state index in [1.165, 1.54) is 21.1 Å². The van der Waals surface area contributed by atoms with E-state index < -0.39 is 17.9 Å². The highest BCUT2D eigenvalue weighted by Gasteiger charge is 2.25. The van der Waals surface area contributed by atoms with Gasteiger partial charge in [-0.15, -0.1) is 0 Å². The third-order valence-corrected chi connectivity index (χ3v) is 5.45. The number of nitrogen functional groups attached to an aromatic ring is 1. The summed E-state index contributed by atoms with van der Waals surface area (Å²) in [4.78, 5) is 37.0. The Morgan fingerprint density at radius 1 is 0.886 bits per heavy atom. The second-order valence-corrected chi connectivity index (χ2v) is 7.91. The summed E-state index contributed by atoms with van der Waals surface area (Å²) in [6, 6.07) is 16.6. The zero-order valence-electron chi connectivity index (χ0n) is 19.8. The molecule has 0 heterocycles. The van der Waals surface area contributed by atoms with Gasteiger partial charge in [0.05, 0.1) is 20.1 Å². The lowest BCUT2D eigenvalue weighted by molar-refractivity contribution is -0.119. The molecule has 1 atom stereocenters. The molecule has 1 unspecified atom stereocenters. The fourth-order valence-electron chi connectivity index (χ4n) is 3.72. The normalized spacial score (nSPS) is 11.3. The maximum Gasteiger partial charge on any atom is 0.323 e. The molecule has 0 aliphatic rings. The Hall–Kier alpha value is -4.53. The molecule has 0 aliphatic carbocycles. The predicted octanol–water partition coefficient (Wildman–Crippen LogP) is 3.94. The quantitative estimate of drug-likeness (QED) is 0.272. The number of Topliss-reactive ketones (excluding diaryl/α,β-unsaturated/α-hetero) is 1. The van der Waals surface area contributed by atoms with E-state index >= 15 is 0 Å². The van der Waals surface area contributed by atoms with Crippen molar-refractivity contribution in [3.05, 3.63) is 77.4 Å². The Kier molecular flexibility index (Phi) is 7.93. The molecule has 0 aliphatic heterocycles. The van der Waals surface area contributed by atoms with Gasteiger partial charge in [0.2, 0.25) is 5.91 Å². The van der Waals surface area contributed by atoms with Gasteiger partial charge in [-0.3, -0.25) is 9.59 Å². The van der Waals surface area contributed by atoms with Crippen molar-refractivity contribution in [1.82, 2.24) is 0 Å². The van der Waals surface area contributed by atoms with Crippen molar-refractivity contribution < 1.29 is 23.9 Å². The van der Waals surface area contributed by atoms with Gasteiger partial charge in [0.15, 0.2) is 17.3 Å². The highest BCUT2D eigenvalue weighted by atomic mass is 16.5. The molecule has 6 N–H and O–H groups in total. The topological polar surface area (TPSA) is 146 Å². The number of methoxy groups -OCH3 is 2. The Morgan fingerprint density at radius 3 is 2.09 bits per heavy atom. The zero-order valence-corrected chi connectivity index (χ0v) is 19.8. The third kappa shape index (κ3) is 6.29. The van der Waals surface area contributed by atoms with Gasteiger partial charge in [-0.1, -0.05) is 18.2 Å². The molecule has 0 radical (unpaired) electrons. The van der Waals surface area contributed by atoms with Crippen LogP contribution in [0.15, 0.2) is 60.7 Å². The SMILES string of the molecule is COc1cc(C(C)=O)c(C(Cc2ccc(NC(=O)Nc3cccc(N)c3)cc2)C(N)=O)cc1OC. The summed E-state index contributed by atoms with van der Waals surface area (Å²) in [6.07, 6.45) is 0.251. The molecule has 0 fully saturated rings. The van der Waals surface area contributed by atoms with Crippen LogP contribution in [0.2, 0.25) is 0 Å². The lowest BCUT2D eigenvalue weighted by atomic mass is 9.86. The second-order valence-electron chi connectivity index (χ2n) is 7.91. The molecule has 9 heteroatoms. The van der Waals surface area contributed by atoms with Crippen LogP contribution in [0, 0.1) is 0 Å². The first-order valence-corrected chi connectivity index (χ1v) is 10.8. The summed E-state index contributed by atoms with van der Waals surface area (Å²) >= 11 is 0. The average Bonchev–Trinajstić information content (AvgIpc) is 2.82. The van der Waals surface area contributed by atoms with Gasteiger partial charge >= 0.3 is 6.03 Å². The van der Waals surface area contributed by atoms with Crippen LogP contribution in [0.5, 0.6) is 11.5 Å². The maximum atomic E-state index is 12.4. The summed E-state index contributed by atoms with van der Waals surface area (Å²) in [5, 5.41) is 5.45. The van der Waals surface area contributed by atoms with E-state index in [1.807, 2.05) is 0 Å².